The Morgan fingerprint density at radius 1 is 0.959 bits per heavy atom. The highest BCUT2D eigenvalue weighted by Crippen LogP contribution is 2.53. The molecule has 6 rings (SSSR count). The molecule has 2 saturated heterocycles. The van der Waals surface area contributed by atoms with Crippen molar-refractivity contribution in [1.29, 1.82) is 5.26 Å². The number of piperidine rings is 1. The highest BCUT2D eigenvalue weighted by Gasteiger charge is 2.58. The molecule has 1 atom stereocenters. The second kappa shape index (κ2) is 14.3. The average molecular weight is 688 g/mol. The molecule has 12 heteroatoms. The van der Waals surface area contributed by atoms with Crippen molar-refractivity contribution in [2.24, 2.45) is 0 Å². The summed E-state index contributed by atoms with van der Waals surface area (Å²) in [6.07, 6.45) is 2.37. The van der Waals surface area contributed by atoms with E-state index < -0.39 is 27.2 Å². The quantitative estimate of drug-likeness (QED) is 0.306. The topological polar surface area (TPSA) is 114 Å². The lowest BCUT2D eigenvalue weighted by Gasteiger charge is -2.43. The second-order valence-electron chi connectivity index (χ2n) is 12.9. The fourth-order valence-corrected chi connectivity index (χ4v) is 9.07. The van der Waals surface area contributed by atoms with Crippen molar-refractivity contribution in [1.82, 2.24) is 14.7 Å². The molecule has 49 heavy (non-hydrogen) atoms. The van der Waals surface area contributed by atoms with Crippen molar-refractivity contribution in [2.75, 3.05) is 56.7 Å². The smallest absolute Gasteiger partial charge is 0.270 e. The predicted octanol–water partition coefficient (Wildman–Crippen LogP) is 4.53. The molecule has 258 valence electrons. The van der Waals surface area contributed by atoms with Gasteiger partial charge in [-0.25, -0.2) is 17.1 Å². The van der Waals surface area contributed by atoms with Gasteiger partial charge >= 0.3 is 0 Å². The Balaban J connectivity index is 1.38. The van der Waals surface area contributed by atoms with E-state index in [1.54, 1.807) is 36.1 Å². The zero-order chi connectivity index (χ0) is 34.8. The highest BCUT2D eigenvalue weighted by atomic mass is 32.2. The van der Waals surface area contributed by atoms with Gasteiger partial charge < -0.3 is 14.5 Å². The van der Waals surface area contributed by atoms with Gasteiger partial charge in [0.25, 0.3) is 15.9 Å². The van der Waals surface area contributed by atoms with E-state index in [1.807, 2.05) is 0 Å². The molecule has 3 aromatic carbocycles. The molecule has 3 heterocycles. The number of piperazine rings is 1. The fraction of sp³-hybridized carbons (Fsp3) is 0.432. The van der Waals surface area contributed by atoms with Crippen LogP contribution in [-0.2, 0) is 25.0 Å². The maximum absolute atomic E-state index is 15.0. The Morgan fingerprint density at radius 2 is 1.65 bits per heavy atom. The lowest BCUT2D eigenvalue weighted by atomic mass is 9.71. The minimum Gasteiger partial charge on any atom is -0.494 e. The minimum absolute atomic E-state index is 0.0355. The number of likely N-dealkylation sites (tertiary alicyclic amines) is 1. The van der Waals surface area contributed by atoms with Crippen LogP contribution in [0.4, 0.5) is 10.1 Å². The van der Waals surface area contributed by atoms with Crippen LogP contribution in [0.25, 0.3) is 0 Å². The summed E-state index contributed by atoms with van der Waals surface area (Å²) < 4.78 is 49.0. The summed E-state index contributed by atoms with van der Waals surface area (Å²) in [7, 11) is -4.57. The van der Waals surface area contributed by atoms with Crippen LogP contribution >= 0.6 is 0 Å². The Kier molecular flexibility index (Phi) is 10.1. The number of sulfonamides is 1. The lowest BCUT2D eigenvalue weighted by Crippen LogP contribution is -2.54. The van der Waals surface area contributed by atoms with Gasteiger partial charge in [0, 0.05) is 57.3 Å². The number of amides is 2. The summed E-state index contributed by atoms with van der Waals surface area (Å²) in [4.78, 5) is 35.9. The lowest BCUT2D eigenvalue weighted by molar-refractivity contribution is -0.136. The first-order chi connectivity index (χ1) is 23.6. The van der Waals surface area contributed by atoms with E-state index in [2.05, 4.69) is 22.8 Å². The number of nitriles is 1. The molecule has 3 aliphatic heterocycles. The zero-order valence-corrected chi connectivity index (χ0v) is 28.8. The molecular weight excluding hydrogens is 646 g/mol. The number of para-hydroxylation sites is 1. The summed E-state index contributed by atoms with van der Waals surface area (Å²) in [6.45, 7) is 10.5. The van der Waals surface area contributed by atoms with E-state index in [9.17, 15) is 22.9 Å². The van der Waals surface area contributed by atoms with E-state index in [4.69, 9.17) is 4.74 Å². The largest absolute Gasteiger partial charge is 0.494 e. The molecule has 0 aliphatic carbocycles. The van der Waals surface area contributed by atoms with Crippen LogP contribution in [0.15, 0.2) is 71.6 Å². The average Bonchev–Trinajstić information content (AvgIpc) is 3.36. The number of ether oxygens (including phenoxy) is 1. The third-order valence-electron chi connectivity index (χ3n) is 10.0. The SMILES string of the molecule is CCCN1CCN(C2CCN(C(=O)CC3(c4ccccc4OCC)C(=O)N(S(=O)(=O)c4ccc(F)cc4)c4ccc(C#N)cc43)CC2)CC1. The Labute approximate surface area is 287 Å². The molecule has 1 unspecified atom stereocenters. The van der Waals surface area contributed by atoms with Crippen LogP contribution in [0.5, 0.6) is 5.75 Å². The molecule has 0 aromatic heterocycles. The fourth-order valence-electron chi connectivity index (χ4n) is 7.59. The zero-order valence-electron chi connectivity index (χ0n) is 28.0. The van der Waals surface area contributed by atoms with Crippen LogP contribution < -0.4 is 9.04 Å². The van der Waals surface area contributed by atoms with Crippen molar-refractivity contribution in [3.63, 3.8) is 0 Å². The summed E-state index contributed by atoms with van der Waals surface area (Å²) in [5.41, 5.74) is -1.03. The number of fused-ring (bicyclic) bond motifs is 1. The predicted molar refractivity (Wildman–Crippen MR) is 183 cm³/mol. The number of rotatable bonds is 10. The number of carbonyl (C=O) groups excluding carboxylic acids is 2. The van der Waals surface area contributed by atoms with E-state index in [0.29, 0.717) is 34.7 Å². The first-order valence-electron chi connectivity index (χ1n) is 17.0. The monoisotopic (exact) mass is 687 g/mol. The number of hydrogen-bond donors (Lipinski definition) is 0. The standard InChI is InChI=1S/C37H42FN5O5S/c1-3-17-40-20-22-41(23-21-40)29-15-18-42(19-16-29)35(44)25-37(31-7-5-6-8-34(31)48-4-2)32-24-27(26-39)9-14-33(32)43(36(37)45)49(46,47)30-12-10-28(38)11-13-30/h5-14,24,29H,3-4,15-23,25H2,1-2H3. The van der Waals surface area contributed by atoms with E-state index in [0.717, 1.165) is 76.3 Å². The first-order valence-corrected chi connectivity index (χ1v) is 18.4. The molecule has 0 bridgehead atoms. The van der Waals surface area contributed by atoms with Crippen LogP contribution in [0.2, 0.25) is 0 Å². The van der Waals surface area contributed by atoms with E-state index >= 15 is 4.79 Å². The number of benzene rings is 3. The summed E-state index contributed by atoms with van der Waals surface area (Å²) in [6, 6.07) is 17.9. The maximum atomic E-state index is 15.0. The Hall–Kier alpha value is -4.31. The molecule has 10 nitrogen and oxygen atoms in total. The molecular formula is C37H42FN5O5S. The third-order valence-corrected chi connectivity index (χ3v) is 11.8. The molecule has 0 saturated carbocycles. The number of carbonyl (C=O) groups is 2. The number of halogens is 1. The van der Waals surface area contributed by atoms with Crippen molar-refractivity contribution in [3.05, 3.63) is 89.2 Å². The summed E-state index contributed by atoms with van der Waals surface area (Å²) in [5.74, 6) is -1.44. The van der Waals surface area contributed by atoms with Crippen molar-refractivity contribution >= 4 is 27.5 Å². The molecule has 2 amide bonds. The highest BCUT2D eigenvalue weighted by molar-refractivity contribution is 7.93. The molecule has 0 radical (unpaired) electrons. The first kappa shape index (κ1) is 34.5. The van der Waals surface area contributed by atoms with Crippen LogP contribution in [0.1, 0.15) is 56.2 Å². The van der Waals surface area contributed by atoms with Crippen molar-refractivity contribution in [3.8, 4) is 11.8 Å². The normalized spacial score (nSPS) is 20.7. The van der Waals surface area contributed by atoms with E-state index in [-0.39, 0.29) is 40.6 Å². The Bertz CT molecular complexity index is 1850. The maximum Gasteiger partial charge on any atom is 0.270 e. The van der Waals surface area contributed by atoms with Gasteiger partial charge in [-0.3, -0.25) is 14.5 Å². The van der Waals surface area contributed by atoms with Gasteiger partial charge in [-0.15, -0.1) is 0 Å². The van der Waals surface area contributed by atoms with Gasteiger partial charge in [-0.1, -0.05) is 25.1 Å². The second-order valence-corrected chi connectivity index (χ2v) is 14.7. The van der Waals surface area contributed by atoms with Crippen LogP contribution in [0.3, 0.4) is 0 Å². The summed E-state index contributed by atoms with van der Waals surface area (Å²) in [5, 5.41) is 9.89. The molecule has 2 fully saturated rings. The van der Waals surface area contributed by atoms with Gasteiger partial charge in [-0.05, 0) is 86.8 Å². The number of nitrogens with zero attached hydrogens (tertiary/aromatic N) is 5. The minimum atomic E-state index is -4.57. The molecule has 3 aromatic rings. The van der Waals surface area contributed by atoms with Crippen molar-refractivity contribution in [2.45, 2.75) is 55.9 Å². The van der Waals surface area contributed by atoms with Gasteiger partial charge in [0.1, 0.15) is 17.0 Å². The van der Waals surface area contributed by atoms with Crippen molar-refractivity contribution < 1.29 is 27.1 Å². The number of hydrogen-bond acceptors (Lipinski definition) is 8. The number of anilines is 1. The van der Waals surface area contributed by atoms with Crippen LogP contribution in [-0.4, -0.2) is 93.4 Å². The van der Waals surface area contributed by atoms with Gasteiger partial charge in [0.2, 0.25) is 5.91 Å². The van der Waals surface area contributed by atoms with Gasteiger partial charge in [-0.2, -0.15) is 5.26 Å². The Morgan fingerprint density at radius 3 is 2.31 bits per heavy atom. The third kappa shape index (κ3) is 6.43. The molecule has 0 spiro atoms. The molecule has 0 N–H and O–H groups in total. The van der Waals surface area contributed by atoms with E-state index in [1.165, 1.54) is 18.2 Å². The molecule has 3 aliphatic rings. The van der Waals surface area contributed by atoms with Gasteiger partial charge in [0.05, 0.1) is 28.8 Å². The van der Waals surface area contributed by atoms with Gasteiger partial charge in [0.15, 0.2) is 0 Å². The van der Waals surface area contributed by atoms with Crippen LogP contribution in [0, 0.1) is 17.1 Å². The summed E-state index contributed by atoms with van der Waals surface area (Å²) >= 11 is 0.